The molecule has 0 fully saturated rings. The fraction of sp³-hybridized carbons (Fsp3) is 0.286. The van der Waals surface area contributed by atoms with E-state index in [1.54, 1.807) is 24.3 Å². The van der Waals surface area contributed by atoms with Crippen LogP contribution in [0, 0.1) is 0 Å². The van der Waals surface area contributed by atoms with E-state index < -0.39 is 0 Å². The van der Waals surface area contributed by atoms with Crippen LogP contribution in [-0.4, -0.2) is 36.8 Å². The number of phenolic OH excluding ortho intramolecular Hbond substituents is 1. The van der Waals surface area contributed by atoms with Crippen molar-refractivity contribution in [3.63, 3.8) is 0 Å². The molecule has 154 valence electrons. The minimum absolute atomic E-state index is 0.00800. The van der Waals surface area contributed by atoms with Gasteiger partial charge in [0.2, 0.25) is 5.91 Å². The van der Waals surface area contributed by atoms with Crippen LogP contribution in [0.5, 0.6) is 11.5 Å². The number of aromatic hydroxyl groups is 1. The molecule has 2 rings (SSSR count). The van der Waals surface area contributed by atoms with E-state index in [1.165, 1.54) is 13.3 Å². The van der Waals surface area contributed by atoms with Crippen molar-refractivity contribution in [3.05, 3.63) is 58.1 Å². The first-order chi connectivity index (χ1) is 14.0. The van der Waals surface area contributed by atoms with Gasteiger partial charge in [0.1, 0.15) is 0 Å². The van der Waals surface area contributed by atoms with E-state index >= 15 is 0 Å². The average Bonchev–Trinajstić information content (AvgIpc) is 2.73. The number of phenols is 1. The second-order valence-electron chi connectivity index (χ2n) is 6.28. The van der Waals surface area contributed by atoms with E-state index in [9.17, 15) is 14.7 Å². The summed E-state index contributed by atoms with van der Waals surface area (Å²) in [6.45, 7) is 0.574. The molecule has 0 unspecified atom stereocenters. The number of nitrogens with one attached hydrogen (secondary N) is 2. The lowest BCUT2D eigenvalue weighted by atomic mass is 10.2. The lowest BCUT2D eigenvalue weighted by molar-refractivity contribution is -0.121. The van der Waals surface area contributed by atoms with Crippen LogP contribution >= 0.6 is 15.9 Å². The molecule has 0 saturated heterocycles. The molecule has 29 heavy (non-hydrogen) atoms. The maximum atomic E-state index is 11.9. The van der Waals surface area contributed by atoms with Crippen molar-refractivity contribution in [2.24, 2.45) is 5.10 Å². The van der Waals surface area contributed by atoms with Gasteiger partial charge >= 0.3 is 0 Å². The third-order valence-electron chi connectivity index (χ3n) is 4.08. The van der Waals surface area contributed by atoms with Gasteiger partial charge in [0, 0.05) is 18.5 Å². The molecule has 0 bridgehead atoms. The summed E-state index contributed by atoms with van der Waals surface area (Å²) in [5, 5.41) is 16.6. The van der Waals surface area contributed by atoms with Crippen molar-refractivity contribution in [3.8, 4) is 11.5 Å². The SMILES string of the molecule is COc1cc(C=NNC(=O)CCCCCNC(=O)c2ccccc2)cc(Br)c1O. The summed E-state index contributed by atoms with van der Waals surface area (Å²) in [6.07, 6.45) is 4.17. The molecule has 0 heterocycles. The largest absolute Gasteiger partial charge is 0.503 e. The Morgan fingerprint density at radius 3 is 2.66 bits per heavy atom. The van der Waals surface area contributed by atoms with Crippen molar-refractivity contribution in [2.75, 3.05) is 13.7 Å². The molecule has 7 nitrogen and oxygen atoms in total. The normalized spacial score (nSPS) is 10.7. The fourth-order valence-corrected chi connectivity index (χ4v) is 3.00. The Hall–Kier alpha value is -2.87. The highest BCUT2D eigenvalue weighted by atomic mass is 79.9. The van der Waals surface area contributed by atoms with Gasteiger partial charge in [-0.3, -0.25) is 9.59 Å². The minimum Gasteiger partial charge on any atom is -0.503 e. The van der Waals surface area contributed by atoms with E-state index in [4.69, 9.17) is 4.74 Å². The number of carbonyl (C=O) groups excluding carboxylic acids is 2. The number of carbonyl (C=O) groups is 2. The van der Waals surface area contributed by atoms with Crippen LogP contribution in [0.2, 0.25) is 0 Å². The minimum atomic E-state index is -0.181. The summed E-state index contributed by atoms with van der Waals surface area (Å²) in [4.78, 5) is 23.7. The Bertz CT molecular complexity index is 857. The van der Waals surface area contributed by atoms with Crippen molar-refractivity contribution in [1.82, 2.24) is 10.7 Å². The van der Waals surface area contributed by atoms with Gasteiger partial charge in [-0.25, -0.2) is 5.43 Å². The number of halogens is 1. The molecule has 0 aliphatic carbocycles. The first kappa shape index (κ1) is 22.4. The van der Waals surface area contributed by atoms with Crippen LogP contribution in [0.3, 0.4) is 0 Å². The number of rotatable bonds is 10. The summed E-state index contributed by atoms with van der Waals surface area (Å²) in [5.74, 6) is 0.0507. The standard InChI is InChI=1S/C21H24BrN3O4/c1-29-18-13-15(12-17(22)20(18)27)14-24-25-19(26)10-6-3-7-11-23-21(28)16-8-4-2-5-9-16/h2,4-5,8-9,12-14,27H,3,6-7,10-11H2,1H3,(H,23,28)(H,25,26). The molecule has 0 aliphatic heterocycles. The van der Waals surface area contributed by atoms with Crippen molar-refractivity contribution in [2.45, 2.75) is 25.7 Å². The molecule has 0 radical (unpaired) electrons. The summed E-state index contributed by atoms with van der Waals surface area (Å²) < 4.78 is 5.54. The summed E-state index contributed by atoms with van der Waals surface area (Å²) in [7, 11) is 1.46. The molecule has 0 aromatic heterocycles. The maximum Gasteiger partial charge on any atom is 0.251 e. The zero-order valence-electron chi connectivity index (χ0n) is 16.2. The van der Waals surface area contributed by atoms with Gasteiger partial charge in [0.05, 0.1) is 17.8 Å². The predicted octanol–water partition coefficient (Wildman–Crippen LogP) is 3.60. The summed E-state index contributed by atoms with van der Waals surface area (Å²) in [6, 6.07) is 12.3. The average molecular weight is 462 g/mol. The van der Waals surface area contributed by atoms with Crippen molar-refractivity contribution in [1.29, 1.82) is 0 Å². The molecular formula is C21H24BrN3O4. The number of ether oxygens (including phenoxy) is 1. The van der Waals surface area contributed by atoms with Crippen LogP contribution < -0.4 is 15.5 Å². The van der Waals surface area contributed by atoms with Gasteiger partial charge in [-0.1, -0.05) is 24.6 Å². The van der Waals surface area contributed by atoms with Crippen LogP contribution in [-0.2, 0) is 4.79 Å². The van der Waals surface area contributed by atoms with E-state index in [2.05, 4.69) is 31.8 Å². The van der Waals surface area contributed by atoms with Crippen molar-refractivity contribution >= 4 is 34.0 Å². The molecule has 3 N–H and O–H groups in total. The smallest absolute Gasteiger partial charge is 0.251 e. The molecule has 0 spiro atoms. The van der Waals surface area contributed by atoms with Crippen LogP contribution in [0.4, 0.5) is 0 Å². The Morgan fingerprint density at radius 2 is 1.93 bits per heavy atom. The van der Waals surface area contributed by atoms with Gasteiger partial charge < -0.3 is 15.2 Å². The molecule has 2 amide bonds. The van der Waals surface area contributed by atoms with Gasteiger partial charge in [0.25, 0.3) is 5.91 Å². The molecule has 0 atom stereocenters. The maximum absolute atomic E-state index is 11.9. The third kappa shape index (κ3) is 7.57. The van der Waals surface area contributed by atoms with E-state index in [-0.39, 0.29) is 17.6 Å². The monoisotopic (exact) mass is 461 g/mol. The zero-order valence-corrected chi connectivity index (χ0v) is 17.7. The lowest BCUT2D eigenvalue weighted by Crippen LogP contribution is -2.24. The van der Waals surface area contributed by atoms with Gasteiger partial charge in [-0.15, -0.1) is 0 Å². The molecular weight excluding hydrogens is 438 g/mol. The predicted molar refractivity (Wildman–Crippen MR) is 115 cm³/mol. The second kappa shape index (κ2) is 11.9. The molecule has 2 aromatic rings. The Balaban J connectivity index is 1.62. The number of amides is 2. The van der Waals surface area contributed by atoms with E-state index in [0.29, 0.717) is 40.7 Å². The Morgan fingerprint density at radius 1 is 1.17 bits per heavy atom. The van der Waals surface area contributed by atoms with Gasteiger partial charge in [-0.05, 0) is 58.6 Å². The number of hydrogen-bond donors (Lipinski definition) is 3. The highest BCUT2D eigenvalue weighted by Crippen LogP contribution is 2.34. The van der Waals surface area contributed by atoms with E-state index in [1.807, 2.05) is 18.2 Å². The first-order valence-corrected chi connectivity index (χ1v) is 10.0. The lowest BCUT2D eigenvalue weighted by Gasteiger charge is -2.06. The molecule has 8 heteroatoms. The van der Waals surface area contributed by atoms with Crippen LogP contribution in [0.15, 0.2) is 52.0 Å². The fourth-order valence-electron chi connectivity index (χ4n) is 2.54. The Kier molecular flexibility index (Phi) is 9.17. The molecule has 0 aliphatic rings. The van der Waals surface area contributed by atoms with Crippen LogP contribution in [0.1, 0.15) is 41.6 Å². The number of unbranched alkanes of at least 4 members (excludes halogenated alkanes) is 2. The third-order valence-corrected chi connectivity index (χ3v) is 4.68. The number of nitrogens with zero attached hydrogens (tertiary/aromatic N) is 1. The first-order valence-electron chi connectivity index (χ1n) is 9.23. The number of benzene rings is 2. The quantitative estimate of drug-likeness (QED) is 0.285. The summed E-state index contributed by atoms with van der Waals surface area (Å²) in [5.41, 5.74) is 3.78. The number of hydrazone groups is 1. The van der Waals surface area contributed by atoms with Crippen LogP contribution in [0.25, 0.3) is 0 Å². The highest BCUT2D eigenvalue weighted by Gasteiger charge is 2.07. The topological polar surface area (TPSA) is 100 Å². The van der Waals surface area contributed by atoms with Crippen molar-refractivity contribution < 1.29 is 19.4 Å². The zero-order chi connectivity index (χ0) is 21.1. The van der Waals surface area contributed by atoms with E-state index in [0.717, 1.165) is 12.8 Å². The molecule has 0 saturated carbocycles. The summed E-state index contributed by atoms with van der Waals surface area (Å²) >= 11 is 3.23. The second-order valence-corrected chi connectivity index (χ2v) is 7.13. The van der Waals surface area contributed by atoms with Gasteiger partial charge in [-0.2, -0.15) is 5.10 Å². The van der Waals surface area contributed by atoms with Gasteiger partial charge in [0.15, 0.2) is 11.5 Å². The number of methoxy groups -OCH3 is 1. The molecule has 2 aromatic carbocycles. The Labute approximate surface area is 178 Å². The number of hydrogen-bond acceptors (Lipinski definition) is 5. The highest BCUT2D eigenvalue weighted by molar-refractivity contribution is 9.10.